The summed E-state index contributed by atoms with van der Waals surface area (Å²) in [4.78, 5) is 17.1. The maximum Gasteiger partial charge on any atom is 0.264 e. The van der Waals surface area contributed by atoms with Gasteiger partial charge in [0, 0.05) is 42.5 Å². The average molecular weight is 663 g/mol. The minimum absolute atomic E-state index is 0.116. The quantitative estimate of drug-likeness (QED) is 0.171. The van der Waals surface area contributed by atoms with Gasteiger partial charge in [0.2, 0.25) is 0 Å². The van der Waals surface area contributed by atoms with Gasteiger partial charge in [-0.2, -0.15) is 5.26 Å². The number of rotatable bonds is 6. The highest BCUT2D eigenvalue weighted by atomic mass is 127. The Bertz CT molecular complexity index is 1260. The number of benzene rings is 3. The fraction of sp³-hybridized carbons (Fsp3) is 0.185. The van der Waals surface area contributed by atoms with Crippen LogP contribution in [0.3, 0.4) is 0 Å². The lowest BCUT2D eigenvalue weighted by atomic mass is 10.1. The van der Waals surface area contributed by atoms with Crippen LogP contribution in [0.25, 0.3) is 6.08 Å². The molecule has 35 heavy (non-hydrogen) atoms. The normalized spacial score (nSPS) is 13.9. The van der Waals surface area contributed by atoms with E-state index >= 15 is 0 Å². The van der Waals surface area contributed by atoms with Gasteiger partial charge in [-0.1, -0.05) is 48.0 Å². The topological polar surface area (TPSA) is 56.6 Å². The van der Waals surface area contributed by atoms with Crippen LogP contribution in [-0.2, 0) is 11.4 Å². The maximum absolute atomic E-state index is 13.1. The number of amides is 1. The predicted octanol–water partition coefficient (Wildman–Crippen LogP) is 6.54. The molecule has 0 unspecified atom stereocenters. The highest BCUT2D eigenvalue weighted by Gasteiger charge is 2.24. The van der Waals surface area contributed by atoms with Gasteiger partial charge in [0.25, 0.3) is 5.91 Å². The molecule has 0 radical (unpaired) electrons. The Labute approximate surface area is 232 Å². The second-order valence-corrected chi connectivity index (χ2v) is 10.4. The minimum Gasteiger partial charge on any atom is -0.487 e. The van der Waals surface area contributed by atoms with Crippen LogP contribution in [-0.4, -0.2) is 37.0 Å². The second-order valence-electron chi connectivity index (χ2n) is 7.98. The van der Waals surface area contributed by atoms with Crippen LogP contribution in [0.15, 0.2) is 76.8 Å². The third kappa shape index (κ3) is 6.37. The number of piperazine rings is 1. The van der Waals surface area contributed by atoms with E-state index in [2.05, 4.69) is 61.6 Å². The summed E-state index contributed by atoms with van der Waals surface area (Å²) < 4.78 is 7.60. The van der Waals surface area contributed by atoms with Gasteiger partial charge in [0.15, 0.2) is 0 Å². The SMILES string of the molecule is N#C/C(=C/c1cc(Br)c(OCc2ccccc2Cl)c(I)c1)C(=O)N1CCN(c2ccccc2)CC1. The van der Waals surface area contributed by atoms with E-state index in [0.717, 1.165) is 37.9 Å². The molecule has 0 saturated carbocycles. The average Bonchev–Trinajstić information content (AvgIpc) is 2.88. The molecule has 1 fully saturated rings. The Morgan fingerprint density at radius 3 is 2.43 bits per heavy atom. The highest BCUT2D eigenvalue weighted by molar-refractivity contribution is 14.1. The van der Waals surface area contributed by atoms with E-state index in [9.17, 15) is 10.1 Å². The third-order valence-corrected chi connectivity index (χ3v) is 7.46. The van der Waals surface area contributed by atoms with E-state index in [0.29, 0.717) is 30.5 Å². The van der Waals surface area contributed by atoms with Gasteiger partial charge in [-0.25, -0.2) is 0 Å². The van der Waals surface area contributed by atoms with E-state index in [4.69, 9.17) is 16.3 Å². The lowest BCUT2D eigenvalue weighted by molar-refractivity contribution is -0.126. The molecular formula is C27H22BrClIN3O2. The van der Waals surface area contributed by atoms with E-state index in [-0.39, 0.29) is 11.5 Å². The molecule has 1 heterocycles. The van der Waals surface area contributed by atoms with Gasteiger partial charge in [-0.3, -0.25) is 4.79 Å². The van der Waals surface area contributed by atoms with E-state index in [1.54, 1.807) is 11.0 Å². The van der Waals surface area contributed by atoms with E-state index < -0.39 is 0 Å². The standard InChI is InChI=1S/C27H22BrClIN3O2/c28-23-15-19(16-25(30)26(23)35-18-20-6-4-5-9-24(20)29)14-21(17-31)27(34)33-12-10-32(11-13-33)22-7-2-1-3-8-22/h1-9,14-16H,10-13,18H2/b21-14-. The van der Waals surface area contributed by atoms with Crippen molar-refractivity contribution in [2.75, 3.05) is 31.1 Å². The molecule has 3 aromatic carbocycles. The lowest BCUT2D eigenvalue weighted by Crippen LogP contribution is -2.49. The number of halogens is 3. The van der Waals surface area contributed by atoms with Crippen LogP contribution in [0, 0.1) is 14.9 Å². The molecule has 0 bridgehead atoms. The molecule has 5 nitrogen and oxygen atoms in total. The van der Waals surface area contributed by atoms with Crippen molar-refractivity contribution in [3.63, 3.8) is 0 Å². The second kappa shape index (κ2) is 11.9. The number of para-hydroxylation sites is 1. The van der Waals surface area contributed by atoms with Crippen LogP contribution in [0.2, 0.25) is 5.02 Å². The summed E-state index contributed by atoms with van der Waals surface area (Å²) in [6.45, 7) is 2.94. The number of carbonyl (C=O) groups excluding carboxylic acids is 1. The number of nitrogens with zero attached hydrogens (tertiary/aromatic N) is 3. The zero-order chi connectivity index (χ0) is 24.8. The predicted molar refractivity (Wildman–Crippen MR) is 151 cm³/mol. The Balaban J connectivity index is 1.44. The van der Waals surface area contributed by atoms with Gasteiger partial charge in [-0.05, 0) is 80.5 Å². The summed E-state index contributed by atoms with van der Waals surface area (Å²) in [5.74, 6) is 0.440. The molecule has 0 aliphatic carbocycles. The summed E-state index contributed by atoms with van der Waals surface area (Å²) in [5.41, 5.74) is 2.90. The smallest absolute Gasteiger partial charge is 0.264 e. The Hall–Kier alpha value is -2.54. The summed E-state index contributed by atoms with van der Waals surface area (Å²) in [5, 5.41) is 10.4. The molecule has 0 aromatic heterocycles. The summed E-state index contributed by atoms with van der Waals surface area (Å²) in [7, 11) is 0. The van der Waals surface area contributed by atoms with Gasteiger partial charge in [0.1, 0.15) is 24.0 Å². The first kappa shape index (κ1) is 25.5. The highest BCUT2D eigenvalue weighted by Crippen LogP contribution is 2.34. The first-order valence-corrected chi connectivity index (χ1v) is 13.3. The molecule has 3 aromatic rings. The molecule has 0 N–H and O–H groups in total. The van der Waals surface area contributed by atoms with Crippen molar-refractivity contribution in [3.8, 4) is 11.8 Å². The van der Waals surface area contributed by atoms with Crippen molar-refractivity contribution in [1.29, 1.82) is 5.26 Å². The van der Waals surface area contributed by atoms with Crippen molar-refractivity contribution >= 4 is 67.8 Å². The monoisotopic (exact) mass is 661 g/mol. The van der Waals surface area contributed by atoms with Crippen LogP contribution in [0.5, 0.6) is 5.75 Å². The summed E-state index contributed by atoms with van der Waals surface area (Å²) in [6.07, 6.45) is 1.64. The van der Waals surface area contributed by atoms with Gasteiger partial charge < -0.3 is 14.5 Å². The fourth-order valence-electron chi connectivity index (χ4n) is 3.85. The summed E-state index contributed by atoms with van der Waals surface area (Å²) >= 11 is 12.0. The molecular weight excluding hydrogens is 641 g/mol. The van der Waals surface area contributed by atoms with Gasteiger partial charge in [-0.15, -0.1) is 0 Å². The van der Waals surface area contributed by atoms with Crippen molar-refractivity contribution in [2.24, 2.45) is 0 Å². The van der Waals surface area contributed by atoms with E-state index in [1.807, 2.05) is 54.6 Å². The molecule has 1 aliphatic heterocycles. The number of ether oxygens (including phenoxy) is 1. The Morgan fingerprint density at radius 2 is 1.77 bits per heavy atom. The number of hydrogen-bond acceptors (Lipinski definition) is 4. The number of carbonyl (C=O) groups is 1. The first-order valence-electron chi connectivity index (χ1n) is 11.0. The molecule has 1 amide bonds. The van der Waals surface area contributed by atoms with Crippen molar-refractivity contribution in [3.05, 3.63) is 96.5 Å². The van der Waals surface area contributed by atoms with Crippen molar-refractivity contribution < 1.29 is 9.53 Å². The number of nitriles is 1. The lowest BCUT2D eigenvalue weighted by Gasteiger charge is -2.36. The van der Waals surface area contributed by atoms with Gasteiger partial charge >= 0.3 is 0 Å². The maximum atomic E-state index is 13.1. The zero-order valence-corrected chi connectivity index (χ0v) is 23.3. The van der Waals surface area contributed by atoms with Crippen LogP contribution >= 0.6 is 50.1 Å². The van der Waals surface area contributed by atoms with Crippen LogP contribution < -0.4 is 9.64 Å². The van der Waals surface area contributed by atoms with Crippen molar-refractivity contribution in [2.45, 2.75) is 6.61 Å². The molecule has 0 spiro atoms. The number of hydrogen-bond donors (Lipinski definition) is 0. The van der Waals surface area contributed by atoms with E-state index in [1.165, 1.54) is 0 Å². The first-order chi connectivity index (χ1) is 17.0. The minimum atomic E-state index is -0.245. The molecule has 8 heteroatoms. The Kier molecular flexibility index (Phi) is 8.71. The van der Waals surface area contributed by atoms with Crippen LogP contribution in [0.4, 0.5) is 5.69 Å². The van der Waals surface area contributed by atoms with Gasteiger partial charge in [0.05, 0.1) is 8.04 Å². The number of anilines is 1. The molecule has 1 aliphatic rings. The molecule has 4 rings (SSSR count). The summed E-state index contributed by atoms with van der Waals surface area (Å²) in [6, 6.07) is 23.5. The molecule has 1 saturated heterocycles. The largest absolute Gasteiger partial charge is 0.487 e. The van der Waals surface area contributed by atoms with Crippen LogP contribution in [0.1, 0.15) is 11.1 Å². The van der Waals surface area contributed by atoms with Crippen molar-refractivity contribution in [1.82, 2.24) is 4.90 Å². The third-order valence-electron chi connectivity index (χ3n) is 5.70. The molecule has 0 atom stereocenters. The Morgan fingerprint density at radius 1 is 1.09 bits per heavy atom. The zero-order valence-electron chi connectivity index (χ0n) is 18.8. The molecule has 178 valence electrons. The fourth-order valence-corrected chi connectivity index (χ4v) is 5.81.